The third kappa shape index (κ3) is 4.61. The van der Waals surface area contributed by atoms with E-state index in [1.54, 1.807) is 4.90 Å². The first-order valence-electron chi connectivity index (χ1n) is 8.05. The van der Waals surface area contributed by atoms with Gasteiger partial charge in [-0.2, -0.15) is 0 Å². The fourth-order valence-electron chi connectivity index (χ4n) is 2.88. The predicted molar refractivity (Wildman–Crippen MR) is 83.2 cm³/mol. The minimum Gasteiger partial charge on any atom is -0.481 e. The Morgan fingerprint density at radius 1 is 1.24 bits per heavy atom. The Kier molecular flexibility index (Phi) is 6.49. The van der Waals surface area contributed by atoms with Crippen LogP contribution in [0.25, 0.3) is 0 Å². The van der Waals surface area contributed by atoms with Crippen LogP contribution in [0, 0.1) is 17.3 Å². The first kappa shape index (κ1) is 17.8. The Balaban J connectivity index is 2.38. The topological polar surface area (TPSA) is 69.6 Å². The van der Waals surface area contributed by atoms with Crippen LogP contribution in [0.3, 0.4) is 0 Å². The molecule has 0 aliphatic carbocycles. The second kappa shape index (κ2) is 7.66. The molecule has 2 amide bonds. The lowest BCUT2D eigenvalue weighted by Crippen LogP contribution is -2.44. The normalized spacial score (nSPS) is 22.1. The van der Waals surface area contributed by atoms with Crippen molar-refractivity contribution in [1.29, 1.82) is 0 Å². The summed E-state index contributed by atoms with van der Waals surface area (Å²) >= 11 is 0. The first-order chi connectivity index (χ1) is 9.79. The maximum absolute atomic E-state index is 12.1. The van der Waals surface area contributed by atoms with E-state index in [9.17, 15) is 14.7 Å². The molecule has 2 N–H and O–H groups in total. The number of carboxylic acid groups (broad SMARTS) is 1. The van der Waals surface area contributed by atoms with Gasteiger partial charge < -0.3 is 15.3 Å². The highest BCUT2D eigenvalue weighted by Crippen LogP contribution is 2.38. The molecular formula is C16H30N2O3. The van der Waals surface area contributed by atoms with Crippen molar-refractivity contribution in [2.45, 2.75) is 53.4 Å². The quantitative estimate of drug-likeness (QED) is 0.710. The van der Waals surface area contributed by atoms with Gasteiger partial charge in [-0.15, -0.1) is 0 Å². The van der Waals surface area contributed by atoms with Crippen LogP contribution in [-0.4, -0.2) is 41.6 Å². The zero-order chi connectivity index (χ0) is 16.0. The number of likely N-dealkylation sites (tertiary alicyclic amines) is 1. The zero-order valence-electron chi connectivity index (χ0n) is 13.8. The van der Waals surface area contributed by atoms with Crippen molar-refractivity contribution in [1.82, 2.24) is 10.2 Å². The van der Waals surface area contributed by atoms with Crippen LogP contribution in [0.5, 0.6) is 0 Å². The Hall–Kier alpha value is -1.26. The van der Waals surface area contributed by atoms with Crippen LogP contribution in [0.1, 0.15) is 53.4 Å². The maximum Gasteiger partial charge on any atom is 0.317 e. The van der Waals surface area contributed by atoms with Crippen LogP contribution in [-0.2, 0) is 4.79 Å². The van der Waals surface area contributed by atoms with Crippen molar-refractivity contribution in [2.75, 3.05) is 19.6 Å². The number of carboxylic acids is 1. The zero-order valence-corrected chi connectivity index (χ0v) is 13.8. The van der Waals surface area contributed by atoms with E-state index in [2.05, 4.69) is 19.2 Å². The number of hydrogen-bond acceptors (Lipinski definition) is 2. The highest BCUT2D eigenvalue weighted by atomic mass is 16.4. The largest absolute Gasteiger partial charge is 0.481 e. The monoisotopic (exact) mass is 298 g/mol. The van der Waals surface area contributed by atoms with Crippen LogP contribution in [0.2, 0.25) is 0 Å². The lowest BCUT2D eigenvalue weighted by atomic mass is 9.76. The third-order valence-electron chi connectivity index (χ3n) is 4.60. The molecule has 5 heteroatoms. The van der Waals surface area contributed by atoms with E-state index >= 15 is 0 Å². The highest BCUT2D eigenvalue weighted by Gasteiger charge is 2.48. The fourth-order valence-corrected chi connectivity index (χ4v) is 2.88. The Bertz CT molecular complexity index is 369. The summed E-state index contributed by atoms with van der Waals surface area (Å²) < 4.78 is 0. The lowest BCUT2D eigenvalue weighted by Gasteiger charge is -2.28. The fraction of sp³-hybridized carbons (Fsp3) is 0.875. The number of carbonyl (C=O) groups is 2. The molecule has 5 nitrogen and oxygen atoms in total. The van der Waals surface area contributed by atoms with E-state index in [0.29, 0.717) is 32.0 Å². The van der Waals surface area contributed by atoms with E-state index in [1.807, 2.05) is 13.8 Å². The first-order valence-corrected chi connectivity index (χ1v) is 8.05. The van der Waals surface area contributed by atoms with Crippen molar-refractivity contribution in [2.24, 2.45) is 17.3 Å². The Labute approximate surface area is 128 Å². The molecule has 0 spiro atoms. The van der Waals surface area contributed by atoms with E-state index < -0.39 is 11.4 Å². The van der Waals surface area contributed by atoms with Crippen molar-refractivity contribution < 1.29 is 14.7 Å². The van der Waals surface area contributed by atoms with Crippen LogP contribution in [0.15, 0.2) is 0 Å². The average molecular weight is 298 g/mol. The molecule has 0 bridgehead atoms. The van der Waals surface area contributed by atoms with Gasteiger partial charge in [0.2, 0.25) is 0 Å². The van der Waals surface area contributed by atoms with Gasteiger partial charge in [-0.05, 0) is 24.7 Å². The number of unbranched alkanes of at least 4 members (excludes halogenated alkanes) is 1. The Morgan fingerprint density at radius 2 is 1.90 bits per heavy atom. The highest BCUT2D eigenvalue weighted by molar-refractivity contribution is 5.80. The molecule has 21 heavy (non-hydrogen) atoms. The molecule has 1 heterocycles. The molecule has 0 aromatic carbocycles. The summed E-state index contributed by atoms with van der Waals surface area (Å²) in [7, 11) is 0. The second-order valence-electron chi connectivity index (χ2n) is 6.91. The molecular weight excluding hydrogens is 268 g/mol. The van der Waals surface area contributed by atoms with E-state index in [0.717, 1.165) is 12.8 Å². The number of amides is 2. The molecule has 0 radical (unpaired) electrons. The van der Waals surface area contributed by atoms with Crippen LogP contribution >= 0.6 is 0 Å². The lowest BCUT2D eigenvalue weighted by molar-refractivity contribution is -0.150. The van der Waals surface area contributed by atoms with Gasteiger partial charge in [0.1, 0.15) is 0 Å². The van der Waals surface area contributed by atoms with Gasteiger partial charge in [0.05, 0.1) is 5.41 Å². The summed E-state index contributed by atoms with van der Waals surface area (Å²) in [5.41, 5.74) is -0.783. The number of hydrogen-bond donors (Lipinski definition) is 2. The van der Waals surface area contributed by atoms with Gasteiger partial charge >= 0.3 is 12.0 Å². The number of urea groups is 1. The SMILES string of the molecule is CC(C)CCCCNC(=O)N1CCC(C(=O)O)(C(C)C)C1. The predicted octanol–water partition coefficient (Wildman–Crippen LogP) is 2.96. The molecule has 0 aromatic rings. The Morgan fingerprint density at radius 3 is 2.38 bits per heavy atom. The van der Waals surface area contributed by atoms with Crippen molar-refractivity contribution in [3.05, 3.63) is 0 Å². The molecule has 1 aliphatic rings. The molecule has 1 saturated heterocycles. The van der Waals surface area contributed by atoms with Crippen molar-refractivity contribution in [3.63, 3.8) is 0 Å². The summed E-state index contributed by atoms with van der Waals surface area (Å²) in [5, 5.41) is 12.4. The molecule has 1 aliphatic heterocycles. The molecule has 122 valence electrons. The standard InChI is InChI=1S/C16H30N2O3/c1-12(2)7-5-6-9-17-15(21)18-10-8-16(11-18,13(3)4)14(19)20/h12-13H,5-11H2,1-4H3,(H,17,21)(H,19,20). The molecule has 1 unspecified atom stereocenters. The average Bonchev–Trinajstić information content (AvgIpc) is 2.84. The number of carbonyl (C=O) groups excluding carboxylic acids is 1. The number of nitrogens with one attached hydrogen (secondary N) is 1. The van der Waals surface area contributed by atoms with Gasteiger partial charge in [-0.25, -0.2) is 4.79 Å². The molecule has 0 saturated carbocycles. The summed E-state index contributed by atoms with van der Waals surface area (Å²) in [6, 6.07) is -0.122. The smallest absolute Gasteiger partial charge is 0.317 e. The molecule has 1 fully saturated rings. The van der Waals surface area contributed by atoms with Crippen molar-refractivity contribution in [3.8, 4) is 0 Å². The third-order valence-corrected chi connectivity index (χ3v) is 4.60. The second-order valence-corrected chi connectivity index (χ2v) is 6.91. The van der Waals surface area contributed by atoms with E-state index in [4.69, 9.17) is 0 Å². The summed E-state index contributed by atoms with van der Waals surface area (Å²) in [4.78, 5) is 25.3. The van der Waals surface area contributed by atoms with Crippen LogP contribution < -0.4 is 5.32 Å². The number of aliphatic carboxylic acids is 1. The van der Waals surface area contributed by atoms with Crippen molar-refractivity contribution >= 4 is 12.0 Å². The molecule has 0 aromatic heterocycles. The summed E-state index contributed by atoms with van der Waals surface area (Å²) in [6.07, 6.45) is 3.81. The van der Waals surface area contributed by atoms with E-state index in [-0.39, 0.29) is 11.9 Å². The van der Waals surface area contributed by atoms with Gasteiger partial charge in [0, 0.05) is 19.6 Å². The molecule has 1 atom stereocenters. The minimum atomic E-state index is -0.787. The minimum absolute atomic E-state index is 0.0267. The maximum atomic E-state index is 12.1. The van der Waals surface area contributed by atoms with E-state index in [1.165, 1.54) is 6.42 Å². The van der Waals surface area contributed by atoms with Gasteiger partial charge in [-0.3, -0.25) is 4.79 Å². The summed E-state index contributed by atoms with van der Waals surface area (Å²) in [5.74, 6) is -0.0647. The molecule has 1 rings (SSSR count). The van der Waals surface area contributed by atoms with Crippen LogP contribution in [0.4, 0.5) is 4.79 Å². The van der Waals surface area contributed by atoms with Gasteiger partial charge in [-0.1, -0.05) is 40.5 Å². The van der Waals surface area contributed by atoms with Gasteiger partial charge in [0.25, 0.3) is 0 Å². The summed E-state index contributed by atoms with van der Waals surface area (Å²) in [6.45, 7) is 9.74. The van der Waals surface area contributed by atoms with Gasteiger partial charge in [0.15, 0.2) is 0 Å². The number of rotatable bonds is 7. The number of nitrogens with zero attached hydrogens (tertiary/aromatic N) is 1.